The molecule has 0 amide bonds. The highest BCUT2D eigenvalue weighted by Crippen LogP contribution is 2.11. The van der Waals surface area contributed by atoms with E-state index in [0.29, 0.717) is 12.4 Å². The van der Waals surface area contributed by atoms with Gasteiger partial charge in [0.25, 0.3) is 0 Å². The van der Waals surface area contributed by atoms with Crippen LogP contribution in [0.4, 0.5) is 0 Å². The zero-order valence-electron chi connectivity index (χ0n) is 8.32. The second-order valence-electron chi connectivity index (χ2n) is 3.05. The van der Waals surface area contributed by atoms with Gasteiger partial charge in [-0.05, 0) is 20.8 Å². The quantitative estimate of drug-likeness (QED) is 0.675. The SMILES string of the molecule is CCOC1=NC(C)C(C)=N[C@H]1CS. The van der Waals surface area contributed by atoms with Crippen molar-refractivity contribution in [2.75, 3.05) is 12.4 Å². The maximum atomic E-state index is 5.40. The molecule has 0 bridgehead atoms. The lowest BCUT2D eigenvalue weighted by atomic mass is 10.2. The smallest absolute Gasteiger partial charge is 0.210 e. The van der Waals surface area contributed by atoms with E-state index in [1.54, 1.807) is 0 Å². The molecular formula is C9H16N2OS. The fourth-order valence-corrected chi connectivity index (χ4v) is 1.42. The fraction of sp³-hybridized carbons (Fsp3) is 0.778. The molecule has 1 aliphatic heterocycles. The van der Waals surface area contributed by atoms with Crippen LogP contribution in [0.1, 0.15) is 20.8 Å². The predicted octanol–water partition coefficient (Wildman–Crippen LogP) is 1.58. The van der Waals surface area contributed by atoms with Gasteiger partial charge in [0.05, 0.1) is 12.6 Å². The minimum Gasteiger partial charge on any atom is -0.480 e. The molecule has 3 nitrogen and oxygen atoms in total. The first-order valence-corrected chi connectivity index (χ1v) is 5.18. The molecule has 1 unspecified atom stereocenters. The molecule has 1 rings (SSSR count). The summed E-state index contributed by atoms with van der Waals surface area (Å²) in [6, 6.07) is 0.164. The molecule has 0 spiro atoms. The molecule has 0 saturated heterocycles. The summed E-state index contributed by atoms with van der Waals surface area (Å²) >= 11 is 4.22. The largest absolute Gasteiger partial charge is 0.480 e. The van der Waals surface area contributed by atoms with Gasteiger partial charge in [-0.1, -0.05) is 0 Å². The van der Waals surface area contributed by atoms with Crippen molar-refractivity contribution in [3.05, 3.63) is 0 Å². The Kier molecular flexibility index (Phi) is 3.78. The lowest BCUT2D eigenvalue weighted by Gasteiger charge is -2.22. The Morgan fingerprint density at radius 2 is 2.15 bits per heavy atom. The monoisotopic (exact) mass is 200 g/mol. The predicted molar refractivity (Wildman–Crippen MR) is 59.3 cm³/mol. The van der Waals surface area contributed by atoms with Crippen LogP contribution < -0.4 is 0 Å². The molecule has 2 atom stereocenters. The maximum Gasteiger partial charge on any atom is 0.210 e. The van der Waals surface area contributed by atoms with E-state index in [9.17, 15) is 0 Å². The van der Waals surface area contributed by atoms with Crippen molar-refractivity contribution in [2.45, 2.75) is 32.9 Å². The highest BCUT2D eigenvalue weighted by Gasteiger charge is 2.22. The number of rotatable bonds is 2. The molecular weight excluding hydrogens is 184 g/mol. The lowest BCUT2D eigenvalue weighted by Crippen LogP contribution is -2.33. The summed E-state index contributed by atoms with van der Waals surface area (Å²) in [4.78, 5) is 8.89. The van der Waals surface area contributed by atoms with Gasteiger partial charge in [0.1, 0.15) is 6.04 Å². The van der Waals surface area contributed by atoms with Crippen molar-refractivity contribution in [3.63, 3.8) is 0 Å². The van der Waals surface area contributed by atoms with E-state index in [2.05, 4.69) is 22.6 Å². The van der Waals surface area contributed by atoms with E-state index >= 15 is 0 Å². The van der Waals surface area contributed by atoms with Gasteiger partial charge in [-0.25, -0.2) is 4.99 Å². The van der Waals surface area contributed by atoms with Crippen molar-refractivity contribution < 1.29 is 4.74 Å². The Balaban J connectivity index is 2.76. The van der Waals surface area contributed by atoms with Crippen molar-refractivity contribution >= 4 is 24.2 Å². The van der Waals surface area contributed by atoms with Gasteiger partial charge in [0.15, 0.2) is 0 Å². The van der Waals surface area contributed by atoms with Crippen LogP contribution in [-0.4, -0.2) is 36.1 Å². The number of thiol groups is 1. The Morgan fingerprint density at radius 1 is 1.46 bits per heavy atom. The summed E-state index contributed by atoms with van der Waals surface area (Å²) in [5.41, 5.74) is 1.06. The number of ether oxygens (including phenoxy) is 1. The molecule has 0 fully saturated rings. The van der Waals surface area contributed by atoms with E-state index in [4.69, 9.17) is 4.74 Å². The van der Waals surface area contributed by atoms with Crippen LogP contribution in [0.15, 0.2) is 9.98 Å². The van der Waals surface area contributed by atoms with E-state index in [-0.39, 0.29) is 12.1 Å². The summed E-state index contributed by atoms with van der Waals surface area (Å²) in [7, 11) is 0. The first-order chi connectivity index (χ1) is 6.19. The van der Waals surface area contributed by atoms with Gasteiger partial charge >= 0.3 is 0 Å². The normalized spacial score (nSPS) is 28.0. The third-order valence-corrected chi connectivity index (χ3v) is 2.38. The average molecular weight is 200 g/mol. The Hall–Kier alpha value is -0.510. The molecule has 4 heteroatoms. The second-order valence-corrected chi connectivity index (χ2v) is 3.41. The van der Waals surface area contributed by atoms with Crippen LogP contribution in [0.3, 0.4) is 0 Å². The van der Waals surface area contributed by atoms with Gasteiger partial charge in [-0.15, -0.1) is 0 Å². The maximum absolute atomic E-state index is 5.40. The summed E-state index contributed by atoms with van der Waals surface area (Å²) in [5.74, 6) is 1.39. The van der Waals surface area contributed by atoms with E-state index in [1.807, 2.05) is 20.8 Å². The second kappa shape index (κ2) is 4.65. The van der Waals surface area contributed by atoms with Crippen molar-refractivity contribution in [1.82, 2.24) is 0 Å². The number of hydrogen-bond donors (Lipinski definition) is 1. The molecule has 13 heavy (non-hydrogen) atoms. The van der Waals surface area contributed by atoms with Crippen molar-refractivity contribution in [2.24, 2.45) is 9.98 Å². The molecule has 0 saturated carbocycles. The Labute approximate surface area is 84.7 Å². The van der Waals surface area contributed by atoms with Gasteiger partial charge < -0.3 is 4.74 Å². The van der Waals surface area contributed by atoms with Crippen LogP contribution in [0.5, 0.6) is 0 Å². The molecule has 0 aromatic rings. The average Bonchev–Trinajstić information content (AvgIpc) is 2.11. The minimum atomic E-state index is 0.0134. The Bertz CT molecular complexity index is 238. The van der Waals surface area contributed by atoms with E-state index < -0.39 is 0 Å². The highest BCUT2D eigenvalue weighted by atomic mass is 32.1. The molecule has 0 aromatic carbocycles. The van der Waals surface area contributed by atoms with Gasteiger partial charge in [-0.3, -0.25) is 4.99 Å². The summed E-state index contributed by atoms with van der Waals surface area (Å²) in [6.07, 6.45) is 0. The van der Waals surface area contributed by atoms with Crippen LogP contribution in [0, 0.1) is 0 Å². The lowest BCUT2D eigenvalue weighted by molar-refractivity contribution is 0.310. The topological polar surface area (TPSA) is 34.0 Å². The third kappa shape index (κ3) is 2.46. The third-order valence-electron chi connectivity index (χ3n) is 2.04. The van der Waals surface area contributed by atoms with Gasteiger partial charge in [0.2, 0.25) is 5.90 Å². The molecule has 74 valence electrons. The number of nitrogens with zero attached hydrogens (tertiary/aromatic N) is 2. The molecule has 0 radical (unpaired) electrons. The van der Waals surface area contributed by atoms with E-state index in [0.717, 1.165) is 11.6 Å². The van der Waals surface area contributed by atoms with Crippen LogP contribution in [0.2, 0.25) is 0 Å². The molecule has 0 N–H and O–H groups in total. The number of hydrogen-bond acceptors (Lipinski definition) is 4. The van der Waals surface area contributed by atoms with Crippen LogP contribution in [0.25, 0.3) is 0 Å². The molecule has 0 aliphatic carbocycles. The first-order valence-electron chi connectivity index (χ1n) is 4.54. The van der Waals surface area contributed by atoms with Gasteiger partial charge in [0, 0.05) is 11.5 Å². The summed E-state index contributed by atoms with van der Waals surface area (Å²) in [6.45, 7) is 6.61. The Morgan fingerprint density at radius 3 is 2.69 bits per heavy atom. The van der Waals surface area contributed by atoms with E-state index in [1.165, 1.54) is 0 Å². The summed E-state index contributed by atoms with van der Waals surface area (Å²) < 4.78 is 5.40. The molecule has 0 aromatic heterocycles. The fourth-order valence-electron chi connectivity index (χ4n) is 1.18. The summed E-state index contributed by atoms with van der Waals surface area (Å²) in [5, 5.41) is 0. The highest BCUT2D eigenvalue weighted by molar-refractivity contribution is 7.80. The molecule has 1 aliphatic rings. The standard InChI is InChI=1S/C9H16N2OS/c1-4-12-9-8(5-13)10-6(2)7(3)11-9/h7-8,13H,4-5H2,1-3H3/t7?,8-/m0/s1. The van der Waals surface area contributed by atoms with Crippen molar-refractivity contribution in [1.29, 1.82) is 0 Å². The van der Waals surface area contributed by atoms with Crippen LogP contribution >= 0.6 is 12.6 Å². The van der Waals surface area contributed by atoms with Crippen LogP contribution in [-0.2, 0) is 4.74 Å². The molecule has 1 heterocycles. The first kappa shape index (κ1) is 10.6. The zero-order chi connectivity index (χ0) is 9.84. The van der Waals surface area contributed by atoms with Gasteiger partial charge in [-0.2, -0.15) is 12.6 Å². The number of aliphatic imine (C=N–C) groups is 2. The van der Waals surface area contributed by atoms with Crippen molar-refractivity contribution in [3.8, 4) is 0 Å². The minimum absolute atomic E-state index is 0.0134. The zero-order valence-corrected chi connectivity index (χ0v) is 9.21.